The van der Waals surface area contributed by atoms with Crippen LogP contribution >= 0.6 is 0 Å². The smallest absolute Gasteiger partial charge is 0.292 e. The van der Waals surface area contributed by atoms with Gasteiger partial charge in [-0.05, 0) is 12.1 Å². The first kappa shape index (κ1) is 16.4. The van der Waals surface area contributed by atoms with Crippen LogP contribution in [0.25, 0.3) is 0 Å². The van der Waals surface area contributed by atoms with Gasteiger partial charge >= 0.3 is 0 Å². The van der Waals surface area contributed by atoms with E-state index in [9.17, 15) is 22.9 Å². The van der Waals surface area contributed by atoms with Gasteiger partial charge in [0.1, 0.15) is 5.82 Å². The van der Waals surface area contributed by atoms with Crippen molar-refractivity contribution >= 4 is 15.7 Å². The number of hydrogen-bond acceptors (Lipinski definition) is 6. The highest BCUT2D eigenvalue weighted by molar-refractivity contribution is 7.89. The number of sulfonamides is 1. The number of nitrogens with one attached hydrogen (secondary N) is 1. The lowest BCUT2D eigenvalue weighted by Gasteiger charge is -2.07. The molecule has 0 fully saturated rings. The number of nitrogens with zero attached hydrogens (tertiary/aromatic N) is 1. The molecule has 1 rings (SSSR count). The van der Waals surface area contributed by atoms with E-state index in [1.807, 2.05) is 0 Å². The van der Waals surface area contributed by atoms with Crippen LogP contribution in [-0.2, 0) is 14.8 Å². The topological polar surface area (TPSA) is 119 Å². The first-order valence-electron chi connectivity index (χ1n) is 5.50. The van der Waals surface area contributed by atoms with Crippen molar-refractivity contribution in [2.45, 2.75) is 4.90 Å². The number of rotatable bonds is 8. The van der Waals surface area contributed by atoms with E-state index < -0.39 is 31.3 Å². The van der Waals surface area contributed by atoms with Gasteiger partial charge in [-0.1, -0.05) is 0 Å². The van der Waals surface area contributed by atoms with Gasteiger partial charge in [0.2, 0.25) is 10.0 Å². The Kier molecular flexibility index (Phi) is 5.95. The van der Waals surface area contributed by atoms with Crippen LogP contribution in [0.15, 0.2) is 23.1 Å². The lowest BCUT2D eigenvalue weighted by atomic mass is 10.3. The largest absolute Gasteiger partial charge is 0.394 e. The number of aliphatic hydroxyl groups excluding tert-OH is 1. The van der Waals surface area contributed by atoms with Crippen molar-refractivity contribution in [2.75, 3.05) is 26.4 Å². The fourth-order valence-corrected chi connectivity index (χ4v) is 2.52. The van der Waals surface area contributed by atoms with Gasteiger partial charge in [0.15, 0.2) is 4.90 Å². The molecule has 0 saturated carbocycles. The SMILES string of the molecule is O=[N+]([O-])c1cc(F)ccc1S(=O)(=O)NCCOCCO. The molecule has 0 aliphatic rings. The number of nitro groups is 1. The second-order valence-electron chi connectivity index (χ2n) is 3.60. The molecule has 1 aromatic carbocycles. The summed E-state index contributed by atoms with van der Waals surface area (Å²) in [6.07, 6.45) is 0. The van der Waals surface area contributed by atoms with Crippen LogP contribution in [0.1, 0.15) is 0 Å². The Balaban J connectivity index is 2.84. The maximum atomic E-state index is 12.9. The minimum absolute atomic E-state index is 0.00518. The second kappa shape index (κ2) is 7.24. The van der Waals surface area contributed by atoms with Crippen LogP contribution in [0.4, 0.5) is 10.1 Å². The fraction of sp³-hybridized carbons (Fsp3) is 0.400. The van der Waals surface area contributed by atoms with Gasteiger partial charge in [-0.25, -0.2) is 17.5 Å². The van der Waals surface area contributed by atoms with Crippen molar-refractivity contribution in [1.29, 1.82) is 0 Å². The number of nitro benzene ring substituents is 1. The molecule has 0 aromatic heterocycles. The first-order valence-corrected chi connectivity index (χ1v) is 6.99. The van der Waals surface area contributed by atoms with Gasteiger partial charge in [-0.3, -0.25) is 10.1 Å². The number of benzene rings is 1. The second-order valence-corrected chi connectivity index (χ2v) is 5.34. The van der Waals surface area contributed by atoms with Gasteiger partial charge in [0, 0.05) is 6.54 Å². The quantitative estimate of drug-likeness (QED) is 0.397. The molecule has 0 radical (unpaired) electrons. The molecule has 0 aliphatic heterocycles. The number of halogens is 1. The van der Waals surface area contributed by atoms with E-state index in [0.29, 0.717) is 6.07 Å². The van der Waals surface area contributed by atoms with Crippen LogP contribution in [0, 0.1) is 15.9 Å². The summed E-state index contributed by atoms with van der Waals surface area (Å²) in [6.45, 7) is -0.278. The normalized spacial score (nSPS) is 11.5. The Bertz CT molecular complexity index is 577. The third-order valence-corrected chi connectivity index (χ3v) is 3.69. The zero-order chi connectivity index (χ0) is 15.2. The third-order valence-electron chi connectivity index (χ3n) is 2.18. The molecule has 112 valence electrons. The van der Waals surface area contributed by atoms with Crippen LogP contribution in [-0.4, -0.2) is 44.8 Å². The maximum absolute atomic E-state index is 12.9. The van der Waals surface area contributed by atoms with Gasteiger partial charge in [-0.2, -0.15) is 0 Å². The van der Waals surface area contributed by atoms with Crippen molar-refractivity contribution in [3.05, 3.63) is 34.1 Å². The fourth-order valence-electron chi connectivity index (χ4n) is 1.35. The van der Waals surface area contributed by atoms with Crippen molar-refractivity contribution < 1.29 is 27.6 Å². The summed E-state index contributed by atoms with van der Waals surface area (Å²) in [7, 11) is -4.14. The molecular formula is C10H13FN2O6S. The van der Waals surface area contributed by atoms with E-state index in [1.54, 1.807) is 0 Å². The molecule has 0 saturated heterocycles. The van der Waals surface area contributed by atoms with Gasteiger partial charge in [0.25, 0.3) is 5.69 Å². The van der Waals surface area contributed by atoms with Gasteiger partial charge in [0.05, 0.1) is 30.8 Å². The highest BCUT2D eigenvalue weighted by Gasteiger charge is 2.25. The number of ether oxygens (including phenoxy) is 1. The number of aliphatic hydroxyl groups is 1. The summed E-state index contributed by atoms with van der Waals surface area (Å²) in [5.74, 6) is -0.901. The van der Waals surface area contributed by atoms with Crippen molar-refractivity contribution in [1.82, 2.24) is 4.72 Å². The Morgan fingerprint density at radius 2 is 2.10 bits per heavy atom. The van der Waals surface area contributed by atoms with E-state index in [4.69, 9.17) is 9.84 Å². The molecule has 0 amide bonds. The number of hydrogen-bond donors (Lipinski definition) is 2. The van der Waals surface area contributed by atoms with E-state index in [1.165, 1.54) is 0 Å². The zero-order valence-electron chi connectivity index (χ0n) is 10.3. The molecular weight excluding hydrogens is 295 g/mol. The summed E-state index contributed by atoms with van der Waals surface area (Å²) in [5.41, 5.74) is -0.839. The van der Waals surface area contributed by atoms with E-state index in [0.717, 1.165) is 12.1 Å². The summed E-state index contributed by atoms with van der Waals surface area (Å²) >= 11 is 0. The minimum Gasteiger partial charge on any atom is -0.394 e. The predicted octanol–water partition coefficient (Wildman–Crippen LogP) is 0.0211. The molecule has 10 heteroatoms. The first-order chi connectivity index (χ1) is 9.38. The van der Waals surface area contributed by atoms with Crippen molar-refractivity contribution in [3.63, 3.8) is 0 Å². The molecule has 1 aromatic rings. The zero-order valence-corrected chi connectivity index (χ0v) is 11.1. The molecule has 8 nitrogen and oxygen atoms in total. The van der Waals surface area contributed by atoms with Crippen LogP contribution < -0.4 is 4.72 Å². The third kappa shape index (κ3) is 4.49. The Labute approximate surface area is 114 Å². The molecule has 0 heterocycles. The Morgan fingerprint density at radius 1 is 1.40 bits per heavy atom. The molecule has 0 unspecified atom stereocenters. The maximum Gasteiger partial charge on any atom is 0.292 e. The van der Waals surface area contributed by atoms with Crippen LogP contribution in [0.5, 0.6) is 0 Å². The molecule has 20 heavy (non-hydrogen) atoms. The van der Waals surface area contributed by atoms with E-state index >= 15 is 0 Å². The molecule has 0 aliphatic carbocycles. The highest BCUT2D eigenvalue weighted by atomic mass is 32.2. The lowest BCUT2D eigenvalue weighted by molar-refractivity contribution is -0.388. The minimum atomic E-state index is -4.14. The van der Waals surface area contributed by atoms with Gasteiger partial charge in [-0.15, -0.1) is 0 Å². The van der Waals surface area contributed by atoms with E-state index in [-0.39, 0.29) is 26.4 Å². The average molecular weight is 308 g/mol. The molecule has 0 atom stereocenters. The predicted molar refractivity (Wildman–Crippen MR) is 66.1 cm³/mol. The monoisotopic (exact) mass is 308 g/mol. The lowest BCUT2D eigenvalue weighted by Crippen LogP contribution is -2.28. The Morgan fingerprint density at radius 3 is 2.70 bits per heavy atom. The van der Waals surface area contributed by atoms with Crippen molar-refractivity contribution in [2.24, 2.45) is 0 Å². The van der Waals surface area contributed by atoms with Crippen LogP contribution in [0.3, 0.4) is 0 Å². The average Bonchev–Trinajstić information content (AvgIpc) is 2.38. The summed E-state index contributed by atoms with van der Waals surface area (Å²) < 4.78 is 43.6. The highest BCUT2D eigenvalue weighted by Crippen LogP contribution is 2.24. The van der Waals surface area contributed by atoms with E-state index in [2.05, 4.69) is 4.72 Å². The van der Waals surface area contributed by atoms with Crippen LogP contribution in [0.2, 0.25) is 0 Å². The van der Waals surface area contributed by atoms with Crippen molar-refractivity contribution in [3.8, 4) is 0 Å². The summed E-state index contributed by atoms with van der Waals surface area (Å²) in [4.78, 5) is 9.14. The molecule has 0 bridgehead atoms. The van der Waals surface area contributed by atoms with Gasteiger partial charge < -0.3 is 9.84 Å². The summed E-state index contributed by atoms with van der Waals surface area (Å²) in [6, 6.07) is 2.19. The standard InChI is InChI=1S/C10H13FN2O6S/c11-8-1-2-10(9(7-8)13(15)16)20(17,18)12-3-5-19-6-4-14/h1-2,7,12,14H,3-6H2. The molecule has 2 N–H and O–H groups in total. The molecule has 0 spiro atoms. The Hall–Kier alpha value is -1.62. The summed E-state index contributed by atoms with van der Waals surface area (Å²) in [5, 5.41) is 19.2.